The smallest absolute Gasteiger partial charge is 0.269 e. The Kier molecular flexibility index (Phi) is 5.75. The Balaban J connectivity index is 2.34. The molecule has 1 rings (SSSR count). The highest BCUT2D eigenvalue weighted by molar-refractivity contribution is 5.77. The summed E-state index contributed by atoms with van der Waals surface area (Å²) >= 11 is 0. The quantitative estimate of drug-likeness (QED) is 0.409. The lowest BCUT2D eigenvalue weighted by molar-refractivity contribution is -0.384. The van der Waals surface area contributed by atoms with E-state index in [1.807, 2.05) is 0 Å². The monoisotopic (exact) mass is 253 g/mol. The molecule has 7 heteroatoms. The predicted octanol–water partition coefficient (Wildman–Crippen LogP) is 0.186. The van der Waals surface area contributed by atoms with Gasteiger partial charge in [0.2, 0.25) is 5.91 Å². The van der Waals surface area contributed by atoms with Crippen LogP contribution < -0.4 is 11.1 Å². The van der Waals surface area contributed by atoms with E-state index in [2.05, 4.69) is 5.32 Å². The van der Waals surface area contributed by atoms with Gasteiger partial charge in [0.1, 0.15) is 6.61 Å². The van der Waals surface area contributed by atoms with Crippen LogP contribution in [-0.4, -0.2) is 30.6 Å². The summed E-state index contributed by atoms with van der Waals surface area (Å²) in [7, 11) is 0. The fourth-order valence-corrected chi connectivity index (χ4v) is 1.24. The molecule has 0 radical (unpaired) electrons. The number of ether oxygens (including phenoxy) is 1. The second-order valence-electron chi connectivity index (χ2n) is 3.54. The number of hydrogen-bond acceptors (Lipinski definition) is 5. The van der Waals surface area contributed by atoms with Crippen molar-refractivity contribution in [1.82, 2.24) is 5.32 Å². The average Bonchev–Trinajstić information content (AvgIpc) is 2.37. The molecule has 0 unspecified atom stereocenters. The molecule has 0 heterocycles. The van der Waals surface area contributed by atoms with E-state index < -0.39 is 4.92 Å². The molecule has 0 bridgehead atoms. The minimum atomic E-state index is -0.469. The summed E-state index contributed by atoms with van der Waals surface area (Å²) < 4.78 is 4.96. The van der Waals surface area contributed by atoms with Crippen molar-refractivity contribution in [3.63, 3.8) is 0 Å². The minimum Gasteiger partial charge on any atom is -0.370 e. The van der Waals surface area contributed by atoms with Crippen molar-refractivity contribution in [3.8, 4) is 0 Å². The van der Waals surface area contributed by atoms with Gasteiger partial charge in [-0.05, 0) is 5.56 Å². The third kappa shape index (κ3) is 4.89. The van der Waals surface area contributed by atoms with Crippen molar-refractivity contribution < 1.29 is 14.5 Å². The first-order chi connectivity index (χ1) is 8.63. The summed E-state index contributed by atoms with van der Waals surface area (Å²) in [6.45, 7) is 0.980. The summed E-state index contributed by atoms with van der Waals surface area (Å²) in [5, 5.41) is 13.1. The molecule has 0 aliphatic carbocycles. The molecule has 0 atom stereocenters. The number of nitro benzene ring substituents is 1. The Morgan fingerprint density at radius 2 is 2.06 bits per heavy atom. The maximum atomic E-state index is 11.3. The van der Waals surface area contributed by atoms with Crippen molar-refractivity contribution >= 4 is 11.6 Å². The third-order valence-electron chi connectivity index (χ3n) is 2.13. The van der Waals surface area contributed by atoms with Gasteiger partial charge in [-0.2, -0.15) is 0 Å². The lowest BCUT2D eigenvalue weighted by Gasteiger charge is -2.05. The fourth-order valence-electron chi connectivity index (χ4n) is 1.24. The normalized spacial score (nSPS) is 10.1. The first-order valence-corrected chi connectivity index (χ1v) is 5.41. The number of nitrogens with one attached hydrogen (secondary N) is 1. The number of nitro groups is 1. The fraction of sp³-hybridized carbons (Fsp3) is 0.364. The van der Waals surface area contributed by atoms with Gasteiger partial charge in [-0.15, -0.1) is 0 Å². The van der Waals surface area contributed by atoms with E-state index in [-0.39, 0.29) is 18.2 Å². The van der Waals surface area contributed by atoms with Gasteiger partial charge in [0.05, 0.1) is 11.5 Å². The van der Waals surface area contributed by atoms with E-state index in [9.17, 15) is 14.9 Å². The van der Waals surface area contributed by atoms with Crippen LogP contribution in [0.15, 0.2) is 24.3 Å². The molecule has 0 aliphatic heterocycles. The maximum Gasteiger partial charge on any atom is 0.269 e. The molecule has 0 saturated carbocycles. The van der Waals surface area contributed by atoms with Crippen LogP contribution in [0, 0.1) is 10.1 Å². The Bertz CT molecular complexity index is 405. The lowest BCUT2D eigenvalue weighted by Crippen LogP contribution is -2.28. The van der Waals surface area contributed by atoms with Crippen LogP contribution in [0.4, 0.5) is 5.69 Å². The number of nitrogens with two attached hydrogens (primary N) is 1. The van der Waals surface area contributed by atoms with E-state index in [1.165, 1.54) is 12.1 Å². The minimum absolute atomic E-state index is 0.0244. The second kappa shape index (κ2) is 7.36. The zero-order valence-corrected chi connectivity index (χ0v) is 9.80. The summed E-state index contributed by atoms with van der Waals surface area (Å²) in [6, 6.07) is 5.98. The summed E-state index contributed by atoms with van der Waals surface area (Å²) in [6.07, 6.45) is 0. The number of carbonyl (C=O) groups is 1. The highest BCUT2D eigenvalue weighted by atomic mass is 16.6. The van der Waals surface area contributed by atoms with Crippen molar-refractivity contribution in [2.45, 2.75) is 6.54 Å². The van der Waals surface area contributed by atoms with Gasteiger partial charge in [0.25, 0.3) is 5.69 Å². The first kappa shape index (κ1) is 14.1. The van der Waals surface area contributed by atoms with Crippen molar-refractivity contribution in [2.75, 3.05) is 19.8 Å². The summed E-state index contributed by atoms with van der Waals surface area (Å²) in [5.41, 5.74) is 6.02. The SMILES string of the molecule is NCCOCC(=O)NCc1ccc([N+](=O)[O-])cc1. The van der Waals surface area contributed by atoms with Crippen LogP contribution >= 0.6 is 0 Å². The molecule has 7 nitrogen and oxygen atoms in total. The number of benzene rings is 1. The van der Waals surface area contributed by atoms with Gasteiger partial charge in [-0.25, -0.2) is 0 Å². The van der Waals surface area contributed by atoms with Crippen LogP contribution in [-0.2, 0) is 16.1 Å². The third-order valence-corrected chi connectivity index (χ3v) is 2.13. The topological polar surface area (TPSA) is 107 Å². The van der Waals surface area contributed by atoms with Crippen LogP contribution in [0.2, 0.25) is 0 Å². The molecular formula is C11H15N3O4. The van der Waals surface area contributed by atoms with Crippen molar-refractivity contribution in [3.05, 3.63) is 39.9 Å². The molecule has 1 aromatic carbocycles. The molecular weight excluding hydrogens is 238 g/mol. The summed E-state index contributed by atoms with van der Waals surface area (Å²) in [5.74, 6) is -0.248. The number of rotatable bonds is 7. The molecule has 18 heavy (non-hydrogen) atoms. The second-order valence-corrected chi connectivity index (χ2v) is 3.54. The molecule has 0 fully saturated rings. The number of nitrogens with zero attached hydrogens (tertiary/aromatic N) is 1. The highest BCUT2D eigenvalue weighted by Crippen LogP contribution is 2.11. The zero-order valence-electron chi connectivity index (χ0n) is 9.80. The lowest BCUT2D eigenvalue weighted by atomic mass is 10.2. The van der Waals surface area contributed by atoms with Crippen LogP contribution in [0.5, 0.6) is 0 Å². The maximum absolute atomic E-state index is 11.3. The predicted molar refractivity (Wildman–Crippen MR) is 64.8 cm³/mol. The van der Waals surface area contributed by atoms with E-state index in [0.717, 1.165) is 5.56 Å². The van der Waals surface area contributed by atoms with E-state index in [4.69, 9.17) is 10.5 Å². The zero-order chi connectivity index (χ0) is 13.4. The largest absolute Gasteiger partial charge is 0.370 e. The van der Waals surface area contributed by atoms with Gasteiger partial charge < -0.3 is 15.8 Å². The molecule has 0 spiro atoms. The van der Waals surface area contributed by atoms with E-state index >= 15 is 0 Å². The van der Waals surface area contributed by atoms with Gasteiger partial charge in [-0.3, -0.25) is 14.9 Å². The number of amides is 1. The molecule has 1 amide bonds. The average molecular weight is 253 g/mol. The van der Waals surface area contributed by atoms with Crippen LogP contribution in [0.3, 0.4) is 0 Å². The van der Waals surface area contributed by atoms with E-state index in [0.29, 0.717) is 19.7 Å². The standard InChI is InChI=1S/C11H15N3O4/c12-5-6-18-8-11(15)13-7-9-1-3-10(4-2-9)14(16)17/h1-4H,5-8,12H2,(H,13,15). The van der Waals surface area contributed by atoms with Crippen molar-refractivity contribution in [2.24, 2.45) is 5.73 Å². The molecule has 0 aromatic heterocycles. The molecule has 98 valence electrons. The van der Waals surface area contributed by atoms with Gasteiger partial charge in [0.15, 0.2) is 0 Å². The number of carbonyl (C=O) groups excluding carboxylic acids is 1. The molecule has 3 N–H and O–H groups in total. The van der Waals surface area contributed by atoms with Crippen LogP contribution in [0.25, 0.3) is 0 Å². The Morgan fingerprint density at radius 3 is 2.61 bits per heavy atom. The van der Waals surface area contributed by atoms with Crippen LogP contribution in [0.1, 0.15) is 5.56 Å². The van der Waals surface area contributed by atoms with Gasteiger partial charge in [0, 0.05) is 25.2 Å². The Morgan fingerprint density at radius 1 is 1.39 bits per heavy atom. The van der Waals surface area contributed by atoms with E-state index in [1.54, 1.807) is 12.1 Å². The first-order valence-electron chi connectivity index (χ1n) is 5.41. The Labute approximate surface area is 104 Å². The highest BCUT2D eigenvalue weighted by Gasteiger charge is 2.05. The summed E-state index contributed by atoms with van der Waals surface area (Å²) in [4.78, 5) is 21.2. The molecule has 0 aliphatic rings. The molecule has 0 saturated heterocycles. The number of hydrogen-bond donors (Lipinski definition) is 2. The Hall–Kier alpha value is -1.99. The number of non-ortho nitro benzene ring substituents is 1. The van der Waals surface area contributed by atoms with Gasteiger partial charge >= 0.3 is 0 Å². The van der Waals surface area contributed by atoms with Gasteiger partial charge in [-0.1, -0.05) is 12.1 Å². The molecule has 1 aromatic rings. The van der Waals surface area contributed by atoms with Crippen molar-refractivity contribution in [1.29, 1.82) is 0 Å².